The smallest absolute Gasteiger partial charge is 0.344 e. The molecule has 4 rings (SSSR count). The Bertz CT molecular complexity index is 1110. The summed E-state index contributed by atoms with van der Waals surface area (Å²) in [4.78, 5) is 25.2. The largest absolute Gasteiger partial charge is 0.466 e. The van der Waals surface area contributed by atoms with Crippen molar-refractivity contribution in [3.8, 4) is 5.75 Å². The maximum atomic E-state index is 14.0. The van der Waals surface area contributed by atoms with E-state index in [0.717, 1.165) is 11.6 Å². The average molecular weight is 372 g/mol. The second-order valence-electron chi connectivity index (χ2n) is 6.11. The fraction of sp³-hybridized carbons (Fsp3) is 0.158. The second kappa shape index (κ2) is 6.39. The minimum atomic E-state index is -1.22. The predicted octanol–water partition coefficient (Wildman–Crippen LogP) is 2.55. The Hall–Kier alpha value is -3.42. The van der Waals surface area contributed by atoms with E-state index in [1.807, 2.05) is 6.07 Å². The van der Waals surface area contributed by atoms with E-state index in [9.17, 15) is 18.4 Å². The van der Waals surface area contributed by atoms with Crippen LogP contribution in [0.4, 0.5) is 8.78 Å². The molecule has 8 heteroatoms. The quantitative estimate of drug-likeness (QED) is 0.662. The van der Waals surface area contributed by atoms with Crippen molar-refractivity contribution in [2.24, 2.45) is 0 Å². The van der Waals surface area contributed by atoms with Gasteiger partial charge in [0.05, 0.1) is 5.39 Å². The number of carbonyl (C=O) groups excluding carboxylic acids is 1. The zero-order valence-electron chi connectivity index (χ0n) is 14.2. The van der Waals surface area contributed by atoms with Crippen LogP contribution in [-0.4, -0.2) is 24.4 Å². The molecule has 0 aliphatic carbocycles. The van der Waals surface area contributed by atoms with Gasteiger partial charge in [-0.25, -0.2) is 9.18 Å². The first-order chi connectivity index (χ1) is 13.0. The standard InChI is InChI=1S/C19H14F2N2O4/c1-22-10-27-18-15(21)14(20)7-12-16(18)23(22)8-13(17(12)24)19(25)26-9-11-5-3-2-4-6-11/h2-8H,9-10H2,1H3. The fourth-order valence-electron chi connectivity index (χ4n) is 2.95. The van der Waals surface area contributed by atoms with E-state index in [1.54, 1.807) is 31.3 Å². The lowest BCUT2D eigenvalue weighted by Gasteiger charge is -2.30. The Kier molecular flexibility index (Phi) is 4.02. The number of nitrogens with zero attached hydrogens (tertiary/aromatic N) is 2. The summed E-state index contributed by atoms with van der Waals surface area (Å²) < 4.78 is 39.8. The molecule has 0 N–H and O–H groups in total. The van der Waals surface area contributed by atoms with Gasteiger partial charge in [0.2, 0.25) is 11.2 Å². The van der Waals surface area contributed by atoms with Crippen molar-refractivity contribution < 1.29 is 23.0 Å². The molecule has 0 saturated carbocycles. The third-order valence-corrected chi connectivity index (χ3v) is 4.32. The lowest BCUT2D eigenvalue weighted by atomic mass is 10.1. The van der Waals surface area contributed by atoms with Crippen molar-refractivity contribution in [3.63, 3.8) is 0 Å². The van der Waals surface area contributed by atoms with Crippen molar-refractivity contribution in [1.29, 1.82) is 0 Å². The highest BCUT2D eigenvalue weighted by Gasteiger charge is 2.27. The highest BCUT2D eigenvalue weighted by Crippen LogP contribution is 2.32. The molecule has 0 atom stereocenters. The Morgan fingerprint density at radius 2 is 2.00 bits per heavy atom. The predicted molar refractivity (Wildman–Crippen MR) is 93.3 cm³/mol. The normalized spacial score (nSPS) is 12.8. The number of esters is 1. The number of ether oxygens (including phenoxy) is 2. The maximum absolute atomic E-state index is 14.0. The molecule has 6 nitrogen and oxygen atoms in total. The lowest BCUT2D eigenvalue weighted by molar-refractivity contribution is 0.0470. The van der Waals surface area contributed by atoms with Crippen molar-refractivity contribution in [2.75, 3.05) is 18.8 Å². The van der Waals surface area contributed by atoms with Gasteiger partial charge >= 0.3 is 5.97 Å². The maximum Gasteiger partial charge on any atom is 0.344 e. The number of carbonyl (C=O) groups is 1. The van der Waals surface area contributed by atoms with Crippen molar-refractivity contribution in [1.82, 2.24) is 4.68 Å². The van der Waals surface area contributed by atoms with Crippen molar-refractivity contribution in [3.05, 3.63) is 75.6 Å². The molecule has 1 aliphatic rings. The number of pyridine rings is 1. The van der Waals surface area contributed by atoms with E-state index in [4.69, 9.17) is 9.47 Å². The Labute approximate surface area is 152 Å². The van der Waals surface area contributed by atoms with Crippen LogP contribution in [0.25, 0.3) is 10.9 Å². The van der Waals surface area contributed by atoms with Crippen LogP contribution in [0, 0.1) is 11.6 Å². The highest BCUT2D eigenvalue weighted by atomic mass is 19.2. The Balaban J connectivity index is 1.81. The Morgan fingerprint density at radius 3 is 2.74 bits per heavy atom. The molecule has 0 radical (unpaired) electrons. The second-order valence-corrected chi connectivity index (χ2v) is 6.11. The number of benzene rings is 2. The van der Waals surface area contributed by atoms with Gasteiger partial charge in [-0.15, -0.1) is 0 Å². The number of hydrogen-bond acceptors (Lipinski definition) is 5. The van der Waals surface area contributed by atoms with Crippen LogP contribution in [0.5, 0.6) is 5.75 Å². The van der Waals surface area contributed by atoms with Gasteiger partial charge in [-0.3, -0.25) is 14.5 Å². The molecule has 0 fully saturated rings. The summed E-state index contributed by atoms with van der Waals surface area (Å²) in [6.07, 6.45) is 1.25. The number of halogens is 2. The third-order valence-electron chi connectivity index (χ3n) is 4.32. The third kappa shape index (κ3) is 2.79. The minimum Gasteiger partial charge on any atom is -0.466 e. The molecule has 1 aliphatic heterocycles. The lowest BCUT2D eigenvalue weighted by Crippen LogP contribution is -2.39. The molecular weight excluding hydrogens is 358 g/mol. The fourth-order valence-corrected chi connectivity index (χ4v) is 2.95. The molecule has 0 amide bonds. The van der Waals surface area contributed by atoms with Crippen LogP contribution in [-0.2, 0) is 11.3 Å². The van der Waals surface area contributed by atoms with Gasteiger partial charge in [0.1, 0.15) is 17.7 Å². The first kappa shape index (κ1) is 17.0. The number of rotatable bonds is 3. The molecule has 0 saturated heterocycles. The van der Waals surface area contributed by atoms with Crippen LogP contribution < -0.4 is 15.2 Å². The summed E-state index contributed by atoms with van der Waals surface area (Å²) >= 11 is 0. The van der Waals surface area contributed by atoms with Gasteiger partial charge in [0, 0.05) is 13.2 Å². The summed E-state index contributed by atoms with van der Waals surface area (Å²) in [5.74, 6) is -3.60. The van der Waals surface area contributed by atoms with Crippen LogP contribution in [0.15, 0.2) is 47.4 Å². The van der Waals surface area contributed by atoms with Gasteiger partial charge in [-0.05, 0) is 11.6 Å². The average Bonchev–Trinajstić information content (AvgIpc) is 2.68. The van der Waals surface area contributed by atoms with Gasteiger partial charge in [-0.2, -0.15) is 4.39 Å². The van der Waals surface area contributed by atoms with E-state index < -0.39 is 23.0 Å². The van der Waals surface area contributed by atoms with Crippen LogP contribution >= 0.6 is 0 Å². The number of hydrogen-bond donors (Lipinski definition) is 0. The van der Waals surface area contributed by atoms with Gasteiger partial charge in [-0.1, -0.05) is 30.3 Å². The summed E-state index contributed by atoms with van der Waals surface area (Å²) in [5.41, 5.74) is -0.205. The van der Waals surface area contributed by atoms with E-state index in [0.29, 0.717) is 0 Å². The van der Waals surface area contributed by atoms with Gasteiger partial charge in [0.15, 0.2) is 18.3 Å². The SMILES string of the molecule is CN1COc2c(F)c(F)cc3c(=O)c(C(=O)OCc4ccccc4)cn1c23. The van der Waals surface area contributed by atoms with E-state index in [1.165, 1.54) is 15.9 Å². The van der Waals surface area contributed by atoms with E-state index in [2.05, 4.69) is 0 Å². The minimum absolute atomic E-state index is 0.0148. The molecule has 27 heavy (non-hydrogen) atoms. The monoisotopic (exact) mass is 372 g/mol. The molecule has 0 spiro atoms. The topological polar surface area (TPSA) is 60.8 Å². The highest BCUT2D eigenvalue weighted by molar-refractivity contribution is 5.95. The van der Waals surface area contributed by atoms with Gasteiger partial charge < -0.3 is 9.47 Å². The number of aromatic nitrogens is 1. The van der Waals surface area contributed by atoms with E-state index in [-0.39, 0.29) is 35.6 Å². The molecule has 0 bridgehead atoms. The van der Waals surface area contributed by atoms with Gasteiger partial charge in [0.25, 0.3) is 0 Å². The zero-order chi connectivity index (χ0) is 19.1. The van der Waals surface area contributed by atoms with Crippen molar-refractivity contribution >= 4 is 16.9 Å². The molecule has 138 valence electrons. The molecule has 3 aromatic rings. The zero-order valence-corrected chi connectivity index (χ0v) is 14.2. The van der Waals surface area contributed by atoms with E-state index >= 15 is 0 Å². The summed E-state index contributed by atoms with van der Waals surface area (Å²) in [6, 6.07) is 9.75. The molecule has 2 heterocycles. The molecular formula is C19H14F2N2O4. The molecule has 2 aromatic carbocycles. The van der Waals surface area contributed by atoms with Crippen LogP contribution in [0.3, 0.4) is 0 Å². The summed E-state index contributed by atoms with van der Waals surface area (Å²) in [6.45, 7) is -0.0943. The molecule has 0 unspecified atom stereocenters. The Morgan fingerprint density at radius 1 is 1.26 bits per heavy atom. The van der Waals surface area contributed by atoms with Crippen molar-refractivity contribution in [2.45, 2.75) is 6.61 Å². The first-order valence-corrected chi connectivity index (χ1v) is 8.10. The molecule has 1 aromatic heterocycles. The first-order valence-electron chi connectivity index (χ1n) is 8.10. The summed E-state index contributed by atoms with van der Waals surface area (Å²) in [7, 11) is 1.62. The van der Waals surface area contributed by atoms with Crippen LogP contribution in [0.1, 0.15) is 15.9 Å². The van der Waals surface area contributed by atoms with Crippen LogP contribution in [0.2, 0.25) is 0 Å². The summed E-state index contributed by atoms with van der Waals surface area (Å²) in [5, 5.41) is 1.35.